The first-order valence-electron chi connectivity index (χ1n) is 8.11. The minimum atomic E-state index is 0.0811. The molecule has 0 aliphatic carbocycles. The third-order valence-corrected chi connectivity index (χ3v) is 2.60. The average molecular weight is 292 g/mol. The average Bonchev–Trinajstić information content (AvgIpc) is 2.58. The second-order valence-corrected chi connectivity index (χ2v) is 4.51. The summed E-state index contributed by atoms with van der Waals surface area (Å²) in [5.74, 6) is 0. The van der Waals surface area contributed by atoms with Crippen molar-refractivity contribution < 1.29 is 0 Å². The van der Waals surface area contributed by atoms with E-state index in [1.807, 2.05) is 70.2 Å². The number of nitrogens with two attached hydrogens (primary N) is 1. The molecule has 1 aromatic carbocycles. The SMILES string of the molecule is C=C/C(=C\CC)C(C)(C)CN.CC.CC.c1ccccc1. The number of allylic oxidation sites excluding steroid dienone is 2. The highest BCUT2D eigenvalue weighted by Gasteiger charge is 2.17. The van der Waals surface area contributed by atoms with Gasteiger partial charge in [0, 0.05) is 12.0 Å². The summed E-state index contributed by atoms with van der Waals surface area (Å²) in [4.78, 5) is 0. The molecule has 0 bridgehead atoms. The summed E-state index contributed by atoms with van der Waals surface area (Å²) < 4.78 is 0. The first-order valence-corrected chi connectivity index (χ1v) is 8.11. The molecule has 0 aliphatic rings. The van der Waals surface area contributed by atoms with Crippen molar-refractivity contribution in [2.24, 2.45) is 11.1 Å². The summed E-state index contributed by atoms with van der Waals surface area (Å²) in [7, 11) is 0. The molecule has 0 spiro atoms. The Balaban J connectivity index is -0.000000271. The summed E-state index contributed by atoms with van der Waals surface area (Å²) in [5, 5.41) is 0. The van der Waals surface area contributed by atoms with Crippen LogP contribution >= 0.6 is 0 Å². The van der Waals surface area contributed by atoms with E-state index in [2.05, 4.69) is 33.4 Å². The van der Waals surface area contributed by atoms with Gasteiger partial charge in [-0.1, -0.05) is 104 Å². The van der Waals surface area contributed by atoms with Crippen LogP contribution < -0.4 is 5.73 Å². The summed E-state index contributed by atoms with van der Waals surface area (Å²) in [6.07, 6.45) is 5.13. The molecule has 1 aromatic rings. The molecule has 21 heavy (non-hydrogen) atoms. The molecular weight excluding hydrogens is 254 g/mol. The van der Waals surface area contributed by atoms with Crippen molar-refractivity contribution >= 4 is 0 Å². The molecule has 0 radical (unpaired) electrons. The van der Waals surface area contributed by atoms with Gasteiger partial charge < -0.3 is 5.73 Å². The van der Waals surface area contributed by atoms with E-state index in [4.69, 9.17) is 5.73 Å². The molecule has 0 heterocycles. The van der Waals surface area contributed by atoms with E-state index in [0.717, 1.165) is 6.42 Å². The highest BCUT2D eigenvalue weighted by molar-refractivity contribution is 5.23. The van der Waals surface area contributed by atoms with Gasteiger partial charge >= 0.3 is 0 Å². The van der Waals surface area contributed by atoms with Crippen LogP contribution in [0.1, 0.15) is 54.9 Å². The molecule has 0 atom stereocenters. The lowest BCUT2D eigenvalue weighted by Gasteiger charge is -2.23. The number of rotatable bonds is 4. The van der Waals surface area contributed by atoms with Gasteiger partial charge in [0.2, 0.25) is 0 Å². The van der Waals surface area contributed by atoms with E-state index < -0.39 is 0 Å². The Morgan fingerprint density at radius 2 is 1.29 bits per heavy atom. The summed E-state index contributed by atoms with van der Waals surface area (Å²) >= 11 is 0. The van der Waals surface area contributed by atoms with Crippen molar-refractivity contribution in [3.8, 4) is 0 Å². The van der Waals surface area contributed by atoms with Crippen LogP contribution in [0.15, 0.2) is 60.7 Å². The van der Waals surface area contributed by atoms with Crippen molar-refractivity contribution in [3.63, 3.8) is 0 Å². The predicted molar refractivity (Wildman–Crippen MR) is 101 cm³/mol. The standard InChI is InChI=1S/C10H19N.C6H6.2C2H6/c1-5-7-9(6-2)10(3,4)8-11;1-2-4-6-5-3-1;2*1-2/h6-7H,2,5,8,11H2,1,3-4H3;1-6H;2*1-2H3/b9-7+;;;. The third-order valence-electron chi connectivity index (χ3n) is 2.60. The van der Waals surface area contributed by atoms with Crippen molar-refractivity contribution in [2.75, 3.05) is 6.54 Å². The van der Waals surface area contributed by atoms with Gasteiger partial charge in [0.15, 0.2) is 0 Å². The zero-order valence-electron chi connectivity index (χ0n) is 15.3. The Morgan fingerprint density at radius 3 is 1.48 bits per heavy atom. The molecule has 122 valence electrons. The second-order valence-electron chi connectivity index (χ2n) is 4.51. The predicted octanol–water partition coefficient (Wildman–Crippen LogP) is 6.23. The molecular formula is C20H37N. The maximum Gasteiger partial charge on any atom is 0.00157 e. The number of benzene rings is 1. The summed E-state index contributed by atoms with van der Waals surface area (Å²) in [6, 6.07) is 12.0. The highest BCUT2D eigenvalue weighted by Crippen LogP contribution is 2.25. The Kier molecular flexibility index (Phi) is 21.9. The van der Waals surface area contributed by atoms with Crippen LogP contribution in [0.3, 0.4) is 0 Å². The molecule has 1 rings (SSSR count). The van der Waals surface area contributed by atoms with Gasteiger partial charge in [-0.05, 0) is 12.0 Å². The van der Waals surface area contributed by atoms with Crippen molar-refractivity contribution in [1.29, 1.82) is 0 Å². The van der Waals surface area contributed by atoms with Crippen LogP contribution in [0.2, 0.25) is 0 Å². The van der Waals surface area contributed by atoms with Crippen molar-refractivity contribution in [1.82, 2.24) is 0 Å². The van der Waals surface area contributed by atoms with Crippen LogP contribution in [0.4, 0.5) is 0 Å². The van der Waals surface area contributed by atoms with Crippen molar-refractivity contribution in [3.05, 3.63) is 60.7 Å². The fourth-order valence-corrected chi connectivity index (χ4v) is 1.36. The van der Waals surface area contributed by atoms with Gasteiger partial charge in [0.1, 0.15) is 0 Å². The van der Waals surface area contributed by atoms with E-state index >= 15 is 0 Å². The van der Waals surface area contributed by atoms with Crippen molar-refractivity contribution in [2.45, 2.75) is 54.9 Å². The van der Waals surface area contributed by atoms with E-state index in [9.17, 15) is 0 Å². The lowest BCUT2D eigenvalue weighted by molar-refractivity contribution is 0.470. The molecule has 1 nitrogen and oxygen atoms in total. The molecule has 1 heteroatoms. The first-order chi connectivity index (χ1) is 10.1. The molecule has 2 N–H and O–H groups in total. The molecule has 0 saturated carbocycles. The summed E-state index contributed by atoms with van der Waals surface area (Å²) in [6.45, 7) is 18.8. The summed E-state index contributed by atoms with van der Waals surface area (Å²) in [5.41, 5.74) is 6.96. The van der Waals surface area contributed by atoms with Crippen LogP contribution in [0.25, 0.3) is 0 Å². The van der Waals surface area contributed by atoms with Gasteiger partial charge in [-0.3, -0.25) is 0 Å². The van der Waals surface area contributed by atoms with Gasteiger partial charge in [0.25, 0.3) is 0 Å². The normalized spacial score (nSPS) is 9.81. The Labute approximate surface area is 134 Å². The minimum Gasteiger partial charge on any atom is -0.330 e. The molecule has 0 unspecified atom stereocenters. The number of hydrogen-bond acceptors (Lipinski definition) is 1. The lowest BCUT2D eigenvalue weighted by atomic mass is 9.84. The zero-order valence-corrected chi connectivity index (χ0v) is 15.3. The van der Waals surface area contributed by atoms with E-state index in [-0.39, 0.29) is 5.41 Å². The Hall–Kier alpha value is -1.34. The highest BCUT2D eigenvalue weighted by atomic mass is 14.6. The third kappa shape index (κ3) is 14.9. The Morgan fingerprint density at radius 1 is 0.952 bits per heavy atom. The van der Waals surface area contributed by atoms with Crippen LogP contribution in [-0.2, 0) is 0 Å². The van der Waals surface area contributed by atoms with Gasteiger partial charge in [-0.25, -0.2) is 0 Å². The van der Waals surface area contributed by atoms with Crippen LogP contribution in [0, 0.1) is 5.41 Å². The first kappa shape index (κ1) is 24.7. The lowest BCUT2D eigenvalue weighted by Crippen LogP contribution is -2.24. The fourth-order valence-electron chi connectivity index (χ4n) is 1.36. The van der Waals surface area contributed by atoms with E-state index in [1.165, 1.54) is 5.57 Å². The van der Waals surface area contributed by atoms with Gasteiger partial charge in [0.05, 0.1) is 0 Å². The topological polar surface area (TPSA) is 26.0 Å². The minimum absolute atomic E-state index is 0.0811. The van der Waals surface area contributed by atoms with Gasteiger partial charge in [-0.2, -0.15) is 0 Å². The fraction of sp³-hybridized carbons (Fsp3) is 0.500. The second kappa shape index (κ2) is 18.7. The smallest absolute Gasteiger partial charge is 0.00157 e. The van der Waals surface area contributed by atoms with Gasteiger partial charge in [-0.15, -0.1) is 0 Å². The van der Waals surface area contributed by atoms with Crippen LogP contribution in [-0.4, -0.2) is 6.54 Å². The van der Waals surface area contributed by atoms with E-state index in [0.29, 0.717) is 6.54 Å². The molecule has 0 saturated heterocycles. The monoisotopic (exact) mass is 291 g/mol. The largest absolute Gasteiger partial charge is 0.330 e. The maximum absolute atomic E-state index is 5.62. The van der Waals surface area contributed by atoms with E-state index in [1.54, 1.807) is 0 Å². The molecule has 0 fully saturated rings. The molecule has 0 amide bonds. The Bertz CT molecular complexity index is 296. The zero-order chi connectivity index (χ0) is 17.1. The number of hydrogen-bond donors (Lipinski definition) is 1. The maximum atomic E-state index is 5.62. The van der Waals surface area contributed by atoms with Crippen LogP contribution in [0.5, 0.6) is 0 Å². The molecule has 0 aliphatic heterocycles. The quantitative estimate of drug-likeness (QED) is 0.653. The molecule has 0 aromatic heterocycles.